The van der Waals surface area contributed by atoms with E-state index in [1.165, 1.54) is 30.4 Å². The van der Waals surface area contributed by atoms with Crippen molar-refractivity contribution < 1.29 is 20.4 Å². The van der Waals surface area contributed by atoms with Crippen LogP contribution in [0.1, 0.15) is 20.8 Å². The molecule has 0 aromatic rings. The molecule has 0 amide bonds. The van der Waals surface area contributed by atoms with Crippen LogP contribution in [0.2, 0.25) is 0 Å². The average molecular weight is 270 g/mol. The largest absolute Gasteiger partial charge is 0.391 e. The molecule has 4 nitrogen and oxygen atoms in total. The van der Waals surface area contributed by atoms with Gasteiger partial charge in [0.15, 0.2) is 0 Å². The summed E-state index contributed by atoms with van der Waals surface area (Å²) in [6.45, 7) is 5.33. The summed E-state index contributed by atoms with van der Waals surface area (Å²) >= 11 is 3.05. The molecule has 0 aliphatic rings. The molecule has 0 aromatic carbocycles. The monoisotopic (exact) mass is 270 g/mol. The molecule has 0 aliphatic carbocycles. The van der Waals surface area contributed by atoms with E-state index in [0.717, 1.165) is 11.5 Å². The first kappa shape index (κ1) is 16.5. The van der Waals surface area contributed by atoms with Gasteiger partial charge in [0.1, 0.15) is 18.3 Å². The van der Waals surface area contributed by atoms with Crippen LogP contribution in [0.25, 0.3) is 0 Å². The van der Waals surface area contributed by atoms with Gasteiger partial charge in [-0.2, -0.15) is 0 Å². The normalized spacial score (nSPS) is 19.5. The van der Waals surface area contributed by atoms with Crippen LogP contribution >= 0.6 is 23.5 Å². The lowest BCUT2D eigenvalue weighted by Crippen LogP contribution is -2.46. The van der Waals surface area contributed by atoms with E-state index in [4.69, 9.17) is 5.11 Å². The highest BCUT2D eigenvalue weighted by molar-refractivity contribution is 8.17. The minimum atomic E-state index is -1.32. The molecule has 0 spiro atoms. The van der Waals surface area contributed by atoms with Crippen LogP contribution in [0.4, 0.5) is 0 Å². The van der Waals surface area contributed by atoms with Crippen LogP contribution < -0.4 is 0 Å². The molecule has 0 fully saturated rings. The maximum Gasteiger partial charge on any atom is 0.110 e. The SMILES string of the molecule is CCSC(SCC)[C@H](O)[C@H](O)[C@@H](O)[C@@H](C)O. The van der Waals surface area contributed by atoms with Crippen molar-refractivity contribution in [1.29, 1.82) is 0 Å². The lowest BCUT2D eigenvalue weighted by Gasteiger charge is -2.29. The predicted molar refractivity (Wildman–Crippen MR) is 69.8 cm³/mol. The Morgan fingerprint density at radius 2 is 1.25 bits per heavy atom. The average Bonchev–Trinajstić information content (AvgIpc) is 2.25. The second-order valence-electron chi connectivity index (χ2n) is 3.49. The molecular formula is C10H22O4S2. The third kappa shape index (κ3) is 5.25. The third-order valence-corrected chi connectivity index (χ3v) is 4.83. The summed E-state index contributed by atoms with van der Waals surface area (Å²) in [6.07, 6.45) is -4.72. The first-order chi connectivity index (χ1) is 7.45. The van der Waals surface area contributed by atoms with Crippen molar-refractivity contribution in [3.8, 4) is 0 Å². The van der Waals surface area contributed by atoms with E-state index in [1.807, 2.05) is 13.8 Å². The lowest BCUT2D eigenvalue weighted by atomic mass is 10.1. The smallest absolute Gasteiger partial charge is 0.110 e. The van der Waals surface area contributed by atoms with Gasteiger partial charge in [-0.25, -0.2) is 0 Å². The highest BCUT2D eigenvalue weighted by atomic mass is 32.2. The Morgan fingerprint density at radius 3 is 1.56 bits per heavy atom. The minimum absolute atomic E-state index is 0.182. The predicted octanol–water partition coefficient (Wildman–Crippen LogP) is 0.282. The molecule has 0 aliphatic heterocycles. The molecule has 6 heteroatoms. The van der Waals surface area contributed by atoms with Crippen molar-refractivity contribution in [2.45, 2.75) is 49.8 Å². The Labute approximate surface area is 105 Å². The van der Waals surface area contributed by atoms with Crippen LogP contribution in [-0.4, -0.2) is 60.9 Å². The molecule has 0 radical (unpaired) electrons. The second kappa shape index (κ2) is 8.60. The molecule has 0 saturated carbocycles. The van der Waals surface area contributed by atoms with Crippen LogP contribution in [0.15, 0.2) is 0 Å². The molecule has 4 atom stereocenters. The van der Waals surface area contributed by atoms with Crippen molar-refractivity contribution in [2.75, 3.05) is 11.5 Å². The van der Waals surface area contributed by atoms with Gasteiger partial charge in [-0.05, 0) is 18.4 Å². The Morgan fingerprint density at radius 1 is 0.812 bits per heavy atom. The maximum atomic E-state index is 9.90. The van der Waals surface area contributed by atoms with Gasteiger partial charge in [0.25, 0.3) is 0 Å². The molecule has 0 aromatic heterocycles. The number of thioether (sulfide) groups is 2. The minimum Gasteiger partial charge on any atom is -0.391 e. The summed E-state index contributed by atoms with van der Waals surface area (Å²) in [6, 6.07) is 0. The molecule has 98 valence electrons. The summed E-state index contributed by atoms with van der Waals surface area (Å²) in [5, 5.41) is 38.2. The topological polar surface area (TPSA) is 80.9 Å². The summed E-state index contributed by atoms with van der Waals surface area (Å²) in [5.74, 6) is 1.65. The van der Waals surface area contributed by atoms with Crippen molar-refractivity contribution in [3.63, 3.8) is 0 Å². The van der Waals surface area contributed by atoms with Crippen molar-refractivity contribution in [2.24, 2.45) is 0 Å². The zero-order valence-corrected chi connectivity index (χ0v) is 11.5. The van der Waals surface area contributed by atoms with E-state index in [2.05, 4.69) is 0 Å². The van der Waals surface area contributed by atoms with E-state index in [-0.39, 0.29) is 4.58 Å². The first-order valence-electron chi connectivity index (χ1n) is 5.41. The molecule has 4 N–H and O–H groups in total. The number of aliphatic hydroxyl groups is 4. The molecule has 0 bridgehead atoms. The van der Waals surface area contributed by atoms with Gasteiger partial charge in [-0.1, -0.05) is 13.8 Å². The van der Waals surface area contributed by atoms with Gasteiger partial charge in [-0.15, -0.1) is 23.5 Å². The number of hydrogen-bond donors (Lipinski definition) is 4. The zero-order chi connectivity index (χ0) is 12.7. The van der Waals surface area contributed by atoms with Crippen molar-refractivity contribution in [3.05, 3.63) is 0 Å². The fraction of sp³-hybridized carbons (Fsp3) is 1.00. The summed E-state index contributed by atoms with van der Waals surface area (Å²) in [7, 11) is 0. The van der Waals surface area contributed by atoms with Crippen molar-refractivity contribution in [1.82, 2.24) is 0 Å². The van der Waals surface area contributed by atoms with E-state index >= 15 is 0 Å². The maximum absolute atomic E-state index is 9.90. The van der Waals surface area contributed by atoms with Crippen LogP contribution in [0.5, 0.6) is 0 Å². The molecule has 16 heavy (non-hydrogen) atoms. The zero-order valence-electron chi connectivity index (χ0n) is 9.91. The fourth-order valence-electron chi connectivity index (χ4n) is 1.22. The first-order valence-corrected chi connectivity index (χ1v) is 7.50. The summed E-state index contributed by atoms with van der Waals surface area (Å²) in [5.41, 5.74) is 0. The van der Waals surface area contributed by atoms with E-state index in [1.54, 1.807) is 0 Å². The Bertz CT molecular complexity index is 172. The molecule has 0 rings (SSSR count). The number of aliphatic hydroxyl groups excluding tert-OH is 4. The third-order valence-electron chi connectivity index (χ3n) is 2.13. The van der Waals surface area contributed by atoms with Crippen LogP contribution in [-0.2, 0) is 0 Å². The molecule has 0 saturated heterocycles. The van der Waals surface area contributed by atoms with Gasteiger partial charge in [0, 0.05) is 0 Å². The highest BCUT2D eigenvalue weighted by Gasteiger charge is 2.33. The van der Waals surface area contributed by atoms with Gasteiger partial charge in [0.05, 0.1) is 10.7 Å². The molecule has 0 unspecified atom stereocenters. The lowest BCUT2D eigenvalue weighted by molar-refractivity contribution is -0.0952. The Balaban J connectivity index is 4.40. The van der Waals surface area contributed by atoms with Gasteiger partial charge < -0.3 is 20.4 Å². The molecule has 0 heterocycles. The fourth-order valence-corrected chi connectivity index (χ4v) is 3.80. The van der Waals surface area contributed by atoms with E-state index < -0.39 is 24.4 Å². The van der Waals surface area contributed by atoms with Gasteiger partial charge in [0.2, 0.25) is 0 Å². The van der Waals surface area contributed by atoms with Gasteiger partial charge in [-0.3, -0.25) is 0 Å². The van der Waals surface area contributed by atoms with Gasteiger partial charge >= 0.3 is 0 Å². The highest BCUT2D eigenvalue weighted by Crippen LogP contribution is 2.29. The van der Waals surface area contributed by atoms with E-state index in [0.29, 0.717) is 0 Å². The second-order valence-corrected chi connectivity index (χ2v) is 6.63. The number of hydrogen-bond acceptors (Lipinski definition) is 6. The van der Waals surface area contributed by atoms with Crippen LogP contribution in [0.3, 0.4) is 0 Å². The Kier molecular flexibility index (Phi) is 8.90. The van der Waals surface area contributed by atoms with Crippen LogP contribution in [0, 0.1) is 0 Å². The molecular weight excluding hydrogens is 248 g/mol. The standard InChI is InChI=1S/C10H22O4S2/c1-4-15-10(16-5-2)9(14)8(13)7(12)6(3)11/h6-14H,4-5H2,1-3H3/t6-,7+,8-,9-/m1/s1. The Hall–Kier alpha value is 0.540. The summed E-state index contributed by atoms with van der Waals surface area (Å²) in [4.78, 5) is 0. The quantitative estimate of drug-likeness (QED) is 0.475. The summed E-state index contributed by atoms with van der Waals surface area (Å²) < 4.78 is -0.182. The number of rotatable bonds is 8. The van der Waals surface area contributed by atoms with Crippen molar-refractivity contribution >= 4 is 23.5 Å². The van der Waals surface area contributed by atoms with E-state index in [9.17, 15) is 15.3 Å².